The summed E-state index contributed by atoms with van der Waals surface area (Å²) in [5, 5.41) is 0. The van der Waals surface area contributed by atoms with Crippen LogP contribution in [0.4, 0.5) is 0 Å². The standard InChI is InChI=1S/C11H30OSi3/c1-9-10-14(5,6)12-15(7,8)11-13(2,3)4/h9-11H2,1-8H3. The van der Waals surface area contributed by atoms with E-state index in [2.05, 4.69) is 52.8 Å². The monoisotopic (exact) mass is 262 g/mol. The van der Waals surface area contributed by atoms with E-state index in [9.17, 15) is 0 Å². The van der Waals surface area contributed by atoms with E-state index >= 15 is 0 Å². The van der Waals surface area contributed by atoms with E-state index in [4.69, 9.17) is 4.12 Å². The van der Waals surface area contributed by atoms with Crippen molar-refractivity contribution in [3.05, 3.63) is 0 Å². The molecule has 0 aliphatic rings. The van der Waals surface area contributed by atoms with Gasteiger partial charge in [-0.3, -0.25) is 0 Å². The highest BCUT2D eigenvalue weighted by Gasteiger charge is 2.35. The topological polar surface area (TPSA) is 9.23 Å². The zero-order valence-corrected chi connectivity index (χ0v) is 15.0. The summed E-state index contributed by atoms with van der Waals surface area (Å²) in [6, 6.07) is 1.31. The summed E-state index contributed by atoms with van der Waals surface area (Å²) in [6.07, 6.45) is 1.27. The van der Waals surface area contributed by atoms with E-state index < -0.39 is 24.7 Å². The molecule has 92 valence electrons. The largest absolute Gasteiger partial charge is 0.456 e. The van der Waals surface area contributed by atoms with Crippen molar-refractivity contribution in [2.45, 2.75) is 70.9 Å². The first-order chi connectivity index (χ1) is 6.47. The van der Waals surface area contributed by atoms with E-state index in [-0.39, 0.29) is 0 Å². The molecule has 0 spiro atoms. The third-order valence-corrected chi connectivity index (χ3v) is 16.1. The first-order valence-electron chi connectivity index (χ1n) is 6.18. The second-order valence-electron chi connectivity index (χ2n) is 7.11. The predicted octanol–water partition coefficient (Wildman–Crippen LogP) is 4.70. The van der Waals surface area contributed by atoms with Gasteiger partial charge >= 0.3 is 0 Å². The fourth-order valence-corrected chi connectivity index (χ4v) is 21.5. The Kier molecular flexibility index (Phi) is 5.51. The van der Waals surface area contributed by atoms with Gasteiger partial charge in [-0.15, -0.1) is 0 Å². The Hall–Kier alpha value is 0.611. The normalized spacial score (nSPS) is 14.4. The van der Waals surface area contributed by atoms with Crippen molar-refractivity contribution in [3.8, 4) is 0 Å². The van der Waals surface area contributed by atoms with Crippen LogP contribution < -0.4 is 0 Å². The Balaban J connectivity index is 4.36. The minimum absolute atomic E-state index is 0.956. The van der Waals surface area contributed by atoms with Gasteiger partial charge in [0.15, 0.2) is 16.6 Å². The van der Waals surface area contributed by atoms with Crippen LogP contribution in [0.15, 0.2) is 0 Å². The van der Waals surface area contributed by atoms with Gasteiger partial charge in [-0.25, -0.2) is 0 Å². The van der Waals surface area contributed by atoms with Crippen molar-refractivity contribution < 1.29 is 4.12 Å². The molecule has 0 aromatic heterocycles. The molecule has 0 unspecified atom stereocenters. The van der Waals surface area contributed by atoms with Crippen molar-refractivity contribution in [2.24, 2.45) is 0 Å². The third-order valence-electron chi connectivity index (χ3n) is 2.36. The highest BCUT2D eigenvalue weighted by Crippen LogP contribution is 2.26. The molecule has 1 nitrogen and oxygen atoms in total. The number of hydrogen-bond acceptors (Lipinski definition) is 1. The van der Waals surface area contributed by atoms with Gasteiger partial charge in [-0.1, -0.05) is 33.0 Å². The molecule has 0 atom stereocenters. The highest BCUT2D eigenvalue weighted by atomic mass is 28.4. The van der Waals surface area contributed by atoms with Crippen LogP contribution in [0.25, 0.3) is 0 Å². The fraction of sp³-hybridized carbons (Fsp3) is 1.00. The van der Waals surface area contributed by atoms with Gasteiger partial charge in [0.2, 0.25) is 0 Å². The smallest absolute Gasteiger partial charge is 0.173 e. The first kappa shape index (κ1) is 15.6. The summed E-state index contributed by atoms with van der Waals surface area (Å²) in [4.78, 5) is 0. The van der Waals surface area contributed by atoms with Gasteiger partial charge in [0, 0.05) is 8.07 Å². The predicted molar refractivity (Wildman–Crippen MR) is 79.3 cm³/mol. The van der Waals surface area contributed by atoms with Crippen LogP contribution in [-0.2, 0) is 4.12 Å². The van der Waals surface area contributed by atoms with Gasteiger partial charge in [-0.05, 0) is 37.9 Å². The van der Waals surface area contributed by atoms with Gasteiger partial charge in [0.05, 0.1) is 0 Å². The second-order valence-corrected chi connectivity index (χ2v) is 22.0. The number of hydrogen-bond donors (Lipinski definition) is 0. The van der Waals surface area contributed by atoms with Crippen molar-refractivity contribution in [2.75, 3.05) is 0 Å². The fourth-order valence-electron chi connectivity index (χ4n) is 2.71. The lowest BCUT2D eigenvalue weighted by molar-refractivity contribution is 0.542. The molecule has 0 saturated heterocycles. The molecule has 0 aromatic carbocycles. The van der Waals surface area contributed by atoms with Crippen LogP contribution in [0.5, 0.6) is 0 Å². The van der Waals surface area contributed by atoms with Crippen molar-refractivity contribution in [1.29, 1.82) is 0 Å². The van der Waals surface area contributed by atoms with Crippen LogP contribution in [0.2, 0.25) is 57.5 Å². The molecule has 0 heterocycles. The Morgan fingerprint density at radius 2 is 1.27 bits per heavy atom. The molecule has 0 bridgehead atoms. The van der Waals surface area contributed by atoms with Gasteiger partial charge in [0.1, 0.15) is 0 Å². The maximum absolute atomic E-state index is 6.55. The summed E-state index contributed by atoms with van der Waals surface area (Å²) in [5.41, 5.74) is 1.40. The highest BCUT2D eigenvalue weighted by molar-refractivity contribution is 6.95. The molecular weight excluding hydrogens is 232 g/mol. The average molecular weight is 263 g/mol. The average Bonchev–Trinajstić information content (AvgIpc) is 1.74. The molecule has 0 aliphatic carbocycles. The zero-order valence-electron chi connectivity index (χ0n) is 12.0. The lowest BCUT2D eigenvalue weighted by atomic mass is 10.6. The van der Waals surface area contributed by atoms with E-state index in [0.717, 1.165) is 0 Å². The summed E-state index contributed by atoms with van der Waals surface area (Å²) in [5.74, 6) is 0. The quantitative estimate of drug-likeness (QED) is 0.631. The van der Waals surface area contributed by atoms with Crippen LogP contribution >= 0.6 is 0 Å². The molecule has 0 aliphatic heterocycles. The molecule has 15 heavy (non-hydrogen) atoms. The molecule has 0 aromatic rings. The molecule has 0 rings (SSSR count). The van der Waals surface area contributed by atoms with Crippen molar-refractivity contribution >= 4 is 24.7 Å². The van der Waals surface area contributed by atoms with Crippen LogP contribution in [0.1, 0.15) is 13.3 Å². The van der Waals surface area contributed by atoms with E-state index in [0.29, 0.717) is 0 Å². The van der Waals surface area contributed by atoms with Gasteiger partial charge in [-0.2, -0.15) is 0 Å². The summed E-state index contributed by atoms with van der Waals surface area (Å²) in [7, 11) is -3.70. The van der Waals surface area contributed by atoms with Crippen LogP contribution in [0.3, 0.4) is 0 Å². The maximum atomic E-state index is 6.55. The Morgan fingerprint density at radius 1 is 0.800 bits per heavy atom. The molecular formula is C11H30OSi3. The minimum Gasteiger partial charge on any atom is -0.456 e. The van der Waals surface area contributed by atoms with E-state index in [1.54, 1.807) is 0 Å². The molecule has 0 radical (unpaired) electrons. The lowest BCUT2D eigenvalue weighted by Gasteiger charge is -2.37. The Labute approximate surface area is 99.9 Å². The summed E-state index contributed by atoms with van der Waals surface area (Å²) < 4.78 is 6.55. The zero-order chi connectivity index (χ0) is 12.3. The molecule has 0 amide bonds. The second kappa shape index (κ2) is 5.29. The first-order valence-corrected chi connectivity index (χ1v) is 16.1. The third kappa shape index (κ3) is 8.42. The van der Waals surface area contributed by atoms with E-state index in [1.165, 1.54) is 18.1 Å². The summed E-state index contributed by atoms with van der Waals surface area (Å²) >= 11 is 0. The maximum Gasteiger partial charge on any atom is 0.173 e. The lowest BCUT2D eigenvalue weighted by Crippen LogP contribution is -2.48. The molecule has 4 heteroatoms. The van der Waals surface area contributed by atoms with Crippen LogP contribution in [0, 0.1) is 0 Å². The van der Waals surface area contributed by atoms with Crippen LogP contribution in [-0.4, -0.2) is 24.7 Å². The molecule has 0 N–H and O–H groups in total. The van der Waals surface area contributed by atoms with Crippen molar-refractivity contribution in [1.82, 2.24) is 0 Å². The minimum atomic E-state index is -1.39. The Morgan fingerprint density at radius 3 is 1.60 bits per heavy atom. The van der Waals surface area contributed by atoms with Crippen molar-refractivity contribution in [3.63, 3.8) is 0 Å². The SMILES string of the molecule is CCC[Si](C)(C)O[Si](C)(C)C[Si](C)(C)C. The molecule has 0 saturated carbocycles. The Bertz CT molecular complexity index is 194. The molecule has 0 fully saturated rings. The number of rotatable bonds is 6. The summed E-state index contributed by atoms with van der Waals surface area (Å²) in [6.45, 7) is 19.2. The van der Waals surface area contributed by atoms with Gasteiger partial charge in [0.25, 0.3) is 0 Å². The van der Waals surface area contributed by atoms with E-state index in [1.807, 2.05) is 0 Å². The van der Waals surface area contributed by atoms with Gasteiger partial charge < -0.3 is 4.12 Å².